The molecule has 1 unspecified atom stereocenters. The minimum atomic E-state index is 0.314. The summed E-state index contributed by atoms with van der Waals surface area (Å²) in [5, 5.41) is 0. The Balaban J connectivity index is 4.01. The van der Waals surface area contributed by atoms with E-state index in [-0.39, 0.29) is 0 Å². The van der Waals surface area contributed by atoms with Gasteiger partial charge in [-0.1, -0.05) is 27.7 Å². The second kappa shape index (κ2) is 2.92. The first kappa shape index (κ1) is 8.56. The van der Waals surface area contributed by atoms with Crippen molar-refractivity contribution in [2.24, 2.45) is 11.3 Å². The molecule has 1 atom stereocenters. The molecule has 0 saturated carbocycles. The summed E-state index contributed by atoms with van der Waals surface area (Å²) < 4.78 is 0. The lowest BCUT2D eigenvalue weighted by Crippen LogP contribution is -2.18. The van der Waals surface area contributed by atoms with Crippen LogP contribution in [0.1, 0.15) is 34.1 Å². The monoisotopic (exact) mass is 124 g/mol. The summed E-state index contributed by atoms with van der Waals surface area (Å²) in [4.78, 5) is 0. The molecule has 0 aliphatic heterocycles. The van der Waals surface area contributed by atoms with Crippen molar-refractivity contribution >= 4 is 0 Å². The van der Waals surface area contributed by atoms with Crippen LogP contribution in [0.5, 0.6) is 0 Å². The maximum Gasteiger partial charge on any atom is 0.0222 e. The van der Waals surface area contributed by atoms with Gasteiger partial charge in [-0.25, -0.2) is 0 Å². The molecule has 0 aromatic heterocycles. The highest BCUT2D eigenvalue weighted by Crippen LogP contribution is 2.28. The van der Waals surface area contributed by atoms with E-state index >= 15 is 0 Å². The lowest BCUT2D eigenvalue weighted by Gasteiger charge is -2.26. The fourth-order valence-corrected chi connectivity index (χ4v) is 0.532. The lowest BCUT2D eigenvalue weighted by atomic mass is 9.78. The van der Waals surface area contributed by atoms with Gasteiger partial charge in [0.1, 0.15) is 0 Å². The molecule has 0 fully saturated rings. The van der Waals surface area contributed by atoms with Gasteiger partial charge in [-0.15, -0.1) is 12.3 Å². The summed E-state index contributed by atoms with van der Waals surface area (Å²) in [6.45, 7) is 8.69. The average molecular weight is 124 g/mol. The number of hydrogen-bond donors (Lipinski definition) is 0. The van der Waals surface area contributed by atoms with Crippen LogP contribution in [0.25, 0.3) is 0 Å². The summed E-state index contributed by atoms with van der Waals surface area (Å²) in [5.41, 5.74) is 0.314. The van der Waals surface area contributed by atoms with Crippen molar-refractivity contribution in [2.45, 2.75) is 34.1 Å². The zero-order valence-electron chi connectivity index (χ0n) is 6.86. The summed E-state index contributed by atoms with van der Waals surface area (Å²) >= 11 is 0. The van der Waals surface area contributed by atoms with E-state index in [1.54, 1.807) is 0 Å². The first-order valence-corrected chi connectivity index (χ1v) is 3.50. The molecule has 0 aliphatic carbocycles. The first-order valence-electron chi connectivity index (χ1n) is 3.50. The third kappa shape index (κ3) is 2.10. The van der Waals surface area contributed by atoms with Crippen molar-refractivity contribution in [3.63, 3.8) is 0 Å². The van der Waals surface area contributed by atoms with Crippen molar-refractivity contribution in [2.75, 3.05) is 0 Å². The molecular formula is C9H16. The topological polar surface area (TPSA) is 0 Å². The fourth-order valence-electron chi connectivity index (χ4n) is 0.532. The Labute approximate surface area is 58.7 Å². The minimum Gasteiger partial charge on any atom is -0.120 e. The number of rotatable bonds is 2. The minimum absolute atomic E-state index is 0.314. The molecule has 0 aromatic carbocycles. The third-order valence-electron chi connectivity index (χ3n) is 2.33. The fraction of sp³-hybridized carbons (Fsp3) is 0.778. The van der Waals surface area contributed by atoms with E-state index in [1.165, 1.54) is 0 Å². The van der Waals surface area contributed by atoms with Crippen LogP contribution in [0.2, 0.25) is 0 Å². The van der Waals surface area contributed by atoms with Gasteiger partial charge in [-0.05, 0) is 11.8 Å². The molecule has 0 heterocycles. The van der Waals surface area contributed by atoms with E-state index in [9.17, 15) is 0 Å². The molecule has 0 amide bonds. The zero-order valence-corrected chi connectivity index (χ0v) is 6.86. The summed E-state index contributed by atoms with van der Waals surface area (Å²) in [6, 6.07) is 0. The summed E-state index contributed by atoms with van der Waals surface area (Å²) in [7, 11) is 0. The molecule has 0 radical (unpaired) electrons. The third-order valence-corrected chi connectivity index (χ3v) is 2.33. The van der Waals surface area contributed by atoms with Gasteiger partial charge in [0.05, 0.1) is 0 Å². The van der Waals surface area contributed by atoms with Crippen LogP contribution >= 0.6 is 0 Å². The van der Waals surface area contributed by atoms with Crippen molar-refractivity contribution in [1.82, 2.24) is 0 Å². The van der Waals surface area contributed by atoms with Gasteiger partial charge in [0, 0.05) is 5.92 Å². The van der Waals surface area contributed by atoms with Gasteiger partial charge in [0.25, 0.3) is 0 Å². The average Bonchev–Trinajstić information content (AvgIpc) is 1.86. The Morgan fingerprint density at radius 1 is 1.56 bits per heavy atom. The predicted molar refractivity (Wildman–Crippen MR) is 42.1 cm³/mol. The van der Waals surface area contributed by atoms with Crippen molar-refractivity contribution in [3.05, 3.63) is 0 Å². The van der Waals surface area contributed by atoms with Gasteiger partial charge >= 0.3 is 0 Å². The summed E-state index contributed by atoms with van der Waals surface area (Å²) in [5.74, 6) is 3.15. The number of terminal acetylenes is 1. The Bertz CT molecular complexity index is 114. The van der Waals surface area contributed by atoms with Crippen molar-refractivity contribution in [1.29, 1.82) is 0 Å². The van der Waals surface area contributed by atoms with Crippen LogP contribution in [0.15, 0.2) is 0 Å². The van der Waals surface area contributed by atoms with E-state index < -0.39 is 0 Å². The van der Waals surface area contributed by atoms with Crippen LogP contribution in [-0.2, 0) is 0 Å². The molecule has 0 bridgehead atoms. The highest BCUT2D eigenvalue weighted by molar-refractivity contribution is 4.97. The lowest BCUT2D eigenvalue weighted by molar-refractivity contribution is 0.275. The Hall–Kier alpha value is -0.440. The molecule has 0 aliphatic rings. The Morgan fingerprint density at radius 3 is 2.11 bits per heavy atom. The van der Waals surface area contributed by atoms with Gasteiger partial charge < -0.3 is 0 Å². The molecule has 0 aromatic rings. The quantitative estimate of drug-likeness (QED) is 0.496. The molecule has 0 rings (SSSR count). The highest BCUT2D eigenvalue weighted by atomic mass is 14.2. The highest BCUT2D eigenvalue weighted by Gasteiger charge is 2.20. The standard InChI is InChI=1S/C9H16/c1-6-8(3)9(4,5)7-2/h1,8H,7H2,2-5H3. The molecule has 52 valence electrons. The van der Waals surface area contributed by atoms with Gasteiger partial charge in [0.15, 0.2) is 0 Å². The molecule has 0 spiro atoms. The molecule has 0 N–H and O–H groups in total. The zero-order chi connectivity index (χ0) is 7.49. The first-order chi connectivity index (χ1) is 4.04. The molecule has 0 heteroatoms. The Kier molecular flexibility index (Phi) is 2.77. The predicted octanol–water partition coefficient (Wildman–Crippen LogP) is 2.69. The van der Waals surface area contributed by atoms with Gasteiger partial charge in [-0.2, -0.15) is 0 Å². The summed E-state index contributed by atoms with van der Waals surface area (Å²) in [6.07, 6.45) is 6.43. The largest absolute Gasteiger partial charge is 0.120 e. The SMILES string of the molecule is C#CC(C)C(C)(C)CC. The smallest absolute Gasteiger partial charge is 0.0222 e. The van der Waals surface area contributed by atoms with E-state index in [0.717, 1.165) is 6.42 Å². The van der Waals surface area contributed by atoms with Crippen molar-refractivity contribution < 1.29 is 0 Å². The second-order valence-corrected chi connectivity index (χ2v) is 3.23. The Morgan fingerprint density at radius 2 is 2.00 bits per heavy atom. The maximum absolute atomic E-state index is 5.28. The van der Waals surface area contributed by atoms with Crippen LogP contribution in [-0.4, -0.2) is 0 Å². The molecule has 0 nitrogen and oxygen atoms in total. The molecule has 9 heavy (non-hydrogen) atoms. The second-order valence-electron chi connectivity index (χ2n) is 3.23. The normalized spacial score (nSPS) is 14.6. The molecule has 0 saturated heterocycles. The van der Waals surface area contributed by atoms with Crippen molar-refractivity contribution in [3.8, 4) is 12.3 Å². The number of hydrogen-bond acceptors (Lipinski definition) is 0. The maximum atomic E-state index is 5.28. The van der Waals surface area contributed by atoms with E-state index in [1.807, 2.05) is 0 Å². The van der Waals surface area contributed by atoms with E-state index in [0.29, 0.717) is 11.3 Å². The van der Waals surface area contributed by atoms with Gasteiger partial charge in [0.2, 0.25) is 0 Å². The van der Waals surface area contributed by atoms with E-state index in [4.69, 9.17) is 6.42 Å². The molecular weight excluding hydrogens is 108 g/mol. The van der Waals surface area contributed by atoms with Crippen LogP contribution in [0.4, 0.5) is 0 Å². The van der Waals surface area contributed by atoms with Gasteiger partial charge in [-0.3, -0.25) is 0 Å². The van der Waals surface area contributed by atoms with Crippen LogP contribution in [0.3, 0.4) is 0 Å². The van der Waals surface area contributed by atoms with Crippen LogP contribution in [0, 0.1) is 23.7 Å². The van der Waals surface area contributed by atoms with Crippen LogP contribution < -0.4 is 0 Å². The van der Waals surface area contributed by atoms with E-state index in [2.05, 4.69) is 33.6 Å².